The van der Waals surface area contributed by atoms with Gasteiger partial charge in [0.1, 0.15) is 5.69 Å². The van der Waals surface area contributed by atoms with E-state index >= 15 is 0 Å². The molecule has 1 N–H and O–H groups in total. The number of nitrogens with one attached hydrogen (secondary N) is 1. The van der Waals surface area contributed by atoms with Crippen LogP contribution in [0.2, 0.25) is 0 Å². The fraction of sp³-hybridized carbons (Fsp3) is 0.385. The molecule has 0 fully saturated rings. The van der Waals surface area contributed by atoms with Crippen molar-refractivity contribution in [1.82, 2.24) is 14.8 Å². The van der Waals surface area contributed by atoms with Crippen LogP contribution >= 0.6 is 0 Å². The summed E-state index contributed by atoms with van der Waals surface area (Å²) in [6, 6.07) is 3.68. The number of rotatable bonds is 5. The maximum atomic E-state index is 11.2. The highest BCUT2D eigenvalue weighted by atomic mass is 16.6. The van der Waals surface area contributed by atoms with E-state index in [-0.39, 0.29) is 11.7 Å². The van der Waals surface area contributed by atoms with Crippen molar-refractivity contribution in [3.05, 3.63) is 45.9 Å². The predicted octanol–water partition coefficient (Wildman–Crippen LogP) is 2.69. The maximum absolute atomic E-state index is 11.2. The van der Waals surface area contributed by atoms with Crippen LogP contribution in [0.4, 0.5) is 11.5 Å². The van der Waals surface area contributed by atoms with Gasteiger partial charge in [0.05, 0.1) is 11.0 Å². The lowest BCUT2D eigenvalue weighted by Crippen LogP contribution is -2.12. The maximum Gasteiger partial charge on any atom is 0.333 e. The highest BCUT2D eigenvalue weighted by Crippen LogP contribution is 2.31. The van der Waals surface area contributed by atoms with Gasteiger partial charge in [-0.25, -0.2) is 4.68 Å². The molecular weight excluding hydrogens is 258 g/mol. The number of nitrogens with zero attached hydrogens (tertiary/aromatic N) is 4. The summed E-state index contributed by atoms with van der Waals surface area (Å²) in [5.74, 6) is 0.444. The minimum Gasteiger partial charge on any atom is -0.358 e. The van der Waals surface area contributed by atoms with Crippen molar-refractivity contribution in [3.8, 4) is 0 Å². The van der Waals surface area contributed by atoms with E-state index in [1.807, 2.05) is 26.0 Å². The van der Waals surface area contributed by atoms with Crippen molar-refractivity contribution in [1.29, 1.82) is 0 Å². The van der Waals surface area contributed by atoms with Gasteiger partial charge in [-0.15, -0.1) is 0 Å². The molecule has 2 rings (SSSR count). The molecule has 0 spiro atoms. The van der Waals surface area contributed by atoms with Gasteiger partial charge in [0, 0.05) is 18.9 Å². The Balaban J connectivity index is 2.35. The van der Waals surface area contributed by atoms with Crippen LogP contribution in [-0.2, 0) is 6.54 Å². The molecule has 20 heavy (non-hydrogen) atoms. The van der Waals surface area contributed by atoms with Crippen LogP contribution in [0.25, 0.3) is 0 Å². The van der Waals surface area contributed by atoms with Gasteiger partial charge in [0.15, 0.2) is 0 Å². The first-order chi connectivity index (χ1) is 9.54. The Morgan fingerprint density at radius 1 is 1.45 bits per heavy atom. The second-order valence-electron chi connectivity index (χ2n) is 4.50. The molecule has 2 aromatic heterocycles. The molecule has 7 nitrogen and oxygen atoms in total. The van der Waals surface area contributed by atoms with Gasteiger partial charge in [0.25, 0.3) is 0 Å². The number of hydrogen-bond donors (Lipinski definition) is 1. The quantitative estimate of drug-likeness (QED) is 0.669. The lowest BCUT2D eigenvalue weighted by atomic mass is 10.1. The predicted molar refractivity (Wildman–Crippen MR) is 75.6 cm³/mol. The Labute approximate surface area is 116 Å². The van der Waals surface area contributed by atoms with E-state index in [2.05, 4.69) is 15.4 Å². The summed E-state index contributed by atoms with van der Waals surface area (Å²) in [6.07, 6.45) is 3.40. The largest absolute Gasteiger partial charge is 0.358 e. The van der Waals surface area contributed by atoms with Gasteiger partial charge in [-0.05, 0) is 38.5 Å². The smallest absolute Gasteiger partial charge is 0.333 e. The molecule has 2 aromatic rings. The fourth-order valence-corrected chi connectivity index (χ4v) is 2.10. The van der Waals surface area contributed by atoms with Crippen molar-refractivity contribution in [3.63, 3.8) is 0 Å². The number of pyridine rings is 1. The van der Waals surface area contributed by atoms with Crippen molar-refractivity contribution in [2.24, 2.45) is 0 Å². The standard InChI is InChI=1S/C13H17N5O2/c1-4-17-13(12(18(19)20)10(3)16-17)15-9(2)11-5-7-14-8-6-11/h5-9,15H,4H2,1-3H3. The average molecular weight is 275 g/mol. The van der Waals surface area contributed by atoms with Gasteiger partial charge >= 0.3 is 5.69 Å². The fourth-order valence-electron chi connectivity index (χ4n) is 2.10. The van der Waals surface area contributed by atoms with Crippen LogP contribution < -0.4 is 5.32 Å². The van der Waals surface area contributed by atoms with Crippen molar-refractivity contribution in [2.75, 3.05) is 5.32 Å². The van der Waals surface area contributed by atoms with Crippen LogP contribution in [0.1, 0.15) is 31.1 Å². The zero-order valence-corrected chi connectivity index (χ0v) is 11.7. The van der Waals surface area contributed by atoms with Crippen LogP contribution in [-0.4, -0.2) is 19.7 Å². The number of anilines is 1. The molecule has 7 heteroatoms. The van der Waals surface area contributed by atoms with Gasteiger partial charge in [-0.1, -0.05) is 0 Å². The van der Waals surface area contributed by atoms with Gasteiger partial charge in [-0.3, -0.25) is 15.1 Å². The molecule has 0 aliphatic heterocycles. The molecule has 0 saturated carbocycles. The molecule has 0 amide bonds. The number of aryl methyl sites for hydroxylation is 2. The van der Waals surface area contributed by atoms with E-state index in [1.165, 1.54) is 0 Å². The first-order valence-corrected chi connectivity index (χ1v) is 6.42. The Morgan fingerprint density at radius 2 is 2.10 bits per heavy atom. The molecule has 1 atom stereocenters. The molecule has 0 aromatic carbocycles. The van der Waals surface area contributed by atoms with Crippen molar-refractivity contribution in [2.45, 2.75) is 33.4 Å². The molecule has 106 valence electrons. The first kappa shape index (κ1) is 14.0. The summed E-state index contributed by atoms with van der Waals surface area (Å²) >= 11 is 0. The molecule has 0 bridgehead atoms. The third-order valence-electron chi connectivity index (χ3n) is 3.14. The third kappa shape index (κ3) is 2.61. The van der Waals surface area contributed by atoms with E-state index in [0.717, 1.165) is 5.56 Å². The Morgan fingerprint density at radius 3 is 2.65 bits per heavy atom. The molecule has 0 aliphatic carbocycles. The molecule has 0 aliphatic rings. The minimum atomic E-state index is -0.393. The number of aromatic nitrogens is 3. The van der Waals surface area contributed by atoms with Gasteiger partial charge in [-0.2, -0.15) is 5.10 Å². The van der Waals surface area contributed by atoms with Crippen LogP contribution in [0.5, 0.6) is 0 Å². The van der Waals surface area contributed by atoms with Crippen molar-refractivity contribution < 1.29 is 4.92 Å². The molecule has 1 unspecified atom stereocenters. The van der Waals surface area contributed by atoms with Gasteiger partial charge < -0.3 is 5.32 Å². The Kier molecular flexibility index (Phi) is 3.97. The Hall–Kier alpha value is -2.44. The molecule has 2 heterocycles. The first-order valence-electron chi connectivity index (χ1n) is 6.42. The highest BCUT2D eigenvalue weighted by Gasteiger charge is 2.25. The lowest BCUT2D eigenvalue weighted by molar-refractivity contribution is -0.384. The second-order valence-corrected chi connectivity index (χ2v) is 4.50. The summed E-state index contributed by atoms with van der Waals surface area (Å²) in [5, 5.41) is 18.6. The minimum absolute atomic E-state index is 0.0350. The summed E-state index contributed by atoms with van der Waals surface area (Å²) in [7, 11) is 0. The lowest BCUT2D eigenvalue weighted by Gasteiger charge is -2.15. The van der Waals surface area contributed by atoms with Crippen LogP contribution in [0.15, 0.2) is 24.5 Å². The van der Waals surface area contributed by atoms with E-state index in [0.29, 0.717) is 18.1 Å². The zero-order chi connectivity index (χ0) is 14.7. The van der Waals surface area contributed by atoms with E-state index in [4.69, 9.17) is 0 Å². The second kappa shape index (κ2) is 5.68. The summed E-state index contributed by atoms with van der Waals surface area (Å²) < 4.78 is 1.62. The van der Waals surface area contributed by atoms with Crippen molar-refractivity contribution >= 4 is 11.5 Å². The van der Waals surface area contributed by atoms with Gasteiger partial charge in [0.2, 0.25) is 5.82 Å². The highest BCUT2D eigenvalue weighted by molar-refractivity contribution is 5.60. The third-order valence-corrected chi connectivity index (χ3v) is 3.14. The average Bonchev–Trinajstić information content (AvgIpc) is 2.75. The van der Waals surface area contributed by atoms with Crippen LogP contribution in [0.3, 0.4) is 0 Å². The summed E-state index contributed by atoms with van der Waals surface area (Å²) in [6.45, 7) is 6.06. The zero-order valence-electron chi connectivity index (χ0n) is 11.7. The Bertz CT molecular complexity index is 609. The molecular formula is C13H17N5O2. The number of hydrogen-bond acceptors (Lipinski definition) is 5. The molecule has 0 radical (unpaired) electrons. The topological polar surface area (TPSA) is 85.9 Å². The monoisotopic (exact) mass is 275 g/mol. The van der Waals surface area contributed by atoms with E-state index in [1.54, 1.807) is 24.0 Å². The number of nitro groups is 1. The summed E-state index contributed by atoms with van der Waals surface area (Å²) in [4.78, 5) is 14.8. The summed E-state index contributed by atoms with van der Waals surface area (Å²) in [5.41, 5.74) is 1.46. The SMILES string of the molecule is CCn1nc(C)c([N+](=O)[O-])c1NC(C)c1ccncc1. The van der Waals surface area contributed by atoms with E-state index in [9.17, 15) is 10.1 Å². The van der Waals surface area contributed by atoms with Crippen LogP contribution in [0, 0.1) is 17.0 Å². The normalized spacial score (nSPS) is 12.2. The molecule has 0 saturated heterocycles. The van der Waals surface area contributed by atoms with E-state index < -0.39 is 4.92 Å².